The molecule has 0 unspecified atom stereocenters. The zero-order valence-electron chi connectivity index (χ0n) is 16.7. The highest BCUT2D eigenvalue weighted by molar-refractivity contribution is 7.80. The normalized spacial score (nSPS) is 12.6. The average molecular weight is 405 g/mol. The molecule has 1 aromatic heterocycles. The topological polar surface area (TPSA) is 69.8 Å². The van der Waals surface area contributed by atoms with Crippen LogP contribution in [-0.2, 0) is 6.54 Å². The third-order valence-electron chi connectivity index (χ3n) is 4.69. The summed E-state index contributed by atoms with van der Waals surface area (Å²) in [7, 11) is 4.05. The molecular formula is C20H28N4O3S. The Bertz CT molecular complexity index is 897. The minimum absolute atomic E-state index is 0.113. The number of aromatic nitrogens is 1. The molecule has 0 saturated carbocycles. The van der Waals surface area contributed by atoms with Gasteiger partial charge in [-0.05, 0) is 44.9 Å². The molecule has 152 valence electrons. The van der Waals surface area contributed by atoms with Crippen molar-refractivity contribution < 1.29 is 9.47 Å². The van der Waals surface area contributed by atoms with Crippen LogP contribution in [0.2, 0.25) is 0 Å². The zero-order valence-corrected chi connectivity index (χ0v) is 17.5. The molecule has 1 aliphatic heterocycles. The van der Waals surface area contributed by atoms with Gasteiger partial charge in [-0.1, -0.05) is 13.3 Å². The Morgan fingerprint density at radius 1 is 1.21 bits per heavy atom. The van der Waals surface area contributed by atoms with Crippen LogP contribution in [0.3, 0.4) is 0 Å². The Morgan fingerprint density at radius 3 is 2.68 bits per heavy atom. The molecule has 1 aromatic carbocycles. The number of rotatable bonds is 8. The molecule has 7 nitrogen and oxygen atoms in total. The summed E-state index contributed by atoms with van der Waals surface area (Å²) in [5.74, 6) is 1.36. The predicted molar refractivity (Wildman–Crippen MR) is 115 cm³/mol. The van der Waals surface area contributed by atoms with Gasteiger partial charge in [0.1, 0.15) is 0 Å². The number of benzene rings is 1. The standard InChI is InChI=1S/C20H28N4O3S/c1-4-5-6-21-20(28)24(8-7-23(2)3)12-15-9-14-10-17-18(27-13-26-17)11-16(14)22-19(15)25/h9-11H,4-8,12-13H2,1-3H3,(H,21,28)(H,22,25). The minimum atomic E-state index is -0.113. The summed E-state index contributed by atoms with van der Waals surface area (Å²) in [6, 6.07) is 5.62. The van der Waals surface area contributed by atoms with Gasteiger partial charge in [0.05, 0.1) is 12.1 Å². The van der Waals surface area contributed by atoms with Crippen molar-refractivity contribution in [1.82, 2.24) is 20.1 Å². The molecule has 8 heteroatoms. The van der Waals surface area contributed by atoms with Gasteiger partial charge in [0, 0.05) is 36.7 Å². The van der Waals surface area contributed by atoms with E-state index in [-0.39, 0.29) is 12.4 Å². The maximum Gasteiger partial charge on any atom is 0.253 e. The van der Waals surface area contributed by atoms with E-state index in [9.17, 15) is 4.79 Å². The van der Waals surface area contributed by atoms with Crippen molar-refractivity contribution in [2.45, 2.75) is 26.3 Å². The quantitative estimate of drug-likeness (QED) is 0.517. The number of thiocarbonyl (C=S) groups is 1. The van der Waals surface area contributed by atoms with E-state index in [4.69, 9.17) is 21.7 Å². The fourth-order valence-electron chi connectivity index (χ4n) is 3.02. The van der Waals surface area contributed by atoms with Gasteiger partial charge >= 0.3 is 0 Å². The van der Waals surface area contributed by atoms with Gasteiger partial charge in [-0.3, -0.25) is 4.79 Å². The molecule has 28 heavy (non-hydrogen) atoms. The highest BCUT2D eigenvalue weighted by Gasteiger charge is 2.17. The number of hydrogen-bond acceptors (Lipinski definition) is 5. The number of likely N-dealkylation sites (N-methyl/N-ethyl adjacent to an activating group) is 1. The Kier molecular flexibility index (Phi) is 6.74. The van der Waals surface area contributed by atoms with E-state index in [1.807, 2.05) is 37.2 Å². The summed E-state index contributed by atoms with van der Waals surface area (Å²) in [6.07, 6.45) is 2.17. The largest absolute Gasteiger partial charge is 0.454 e. The van der Waals surface area contributed by atoms with Gasteiger partial charge in [-0.25, -0.2) is 0 Å². The number of hydrogen-bond donors (Lipinski definition) is 2. The Hall–Kier alpha value is -2.32. The molecule has 3 rings (SSSR count). The number of aromatic amines is 1. The van der Waals surface area contributed by atoms with E-state index in [2.05, 4.69) is 22.1 Å². The van der Waals surface area contributed by atoms with Gasteiger partial charge in [-0.15, -0.1) is 0 Å². The van der Waals surface area contributed by atoms with Crippen LogP contribution in [0, 0.1) is 0 Å². The highest BCUT2D eigenvalue weighted by atomic mass is 32.1. The molecule has 0 amide bonds. The van der Waals surface area contributed by atoms with Crippen LogP contribution in [0.5, 0.6) is 11.5 Å². The molecule has 2 heterocycles. The Morgan fingerprint density at radius 2 is 1.96 bits per heavy atom. The van der Waals surface area contributed by atoms with E-state index in [1.54, 1.807) is 0 Å². The molecule has 0 spiro atoms. The summed E-state index contributed by atoms with van der Waals surface area (Å²) in [4.78, 5) is 19.8. The summed E-state index contributed by atoms with van der Waals surface area (Å²) < 4.78 is 10.8. The number of H-pyrrole nitrogens is 1. The van der Waals surface area contributed by atoms with Crippen LogP contribution in [0.1, 0.15) is 25.3 Å². The number of nitrogens with zero attached hydrogens (tertiary/aromatic N) is 2. The second-order valence-electron chi connectivity index (χ2n) is 7.23. The Labute approximate surface area is 170 Å². The minimum Gasteiger partial charge on any atom is -0.454 e. The maximum absolute atomic E-state index is 12.7. The SMILES string of the molecule is CCCCNC(=S)N(CCN(C)C)Cc1cc2cc3c(cc2[nH]c1=O)OCO3. The molecule has 0 aliphatic carbocycles. The first kappa shape index (κ1) is 20.4. The second-order valence-corrected chi connectivity index (χ2v) is 7.61. The number of fused-ring (bicyclic) bond motifs is 2. The molecule has 2 aromatic rings. The molecule has 2 N–H and O–H groups in total. The van der Waals surface area contributed by atoms with Crippen LogP contribution in [0.15, 0.2) is 23.0 Å². The molecule has 0 fully saturated rings. The fourth-order valence-corrected chi connectivity index (χ4v) is 3.28. The summed E-state index contributed by atoms with van der Waals surface area (Å²) in [6.45, 7) is 5.23. The van der Waals surface area contributed by atoms with Crippen molar-refractivity contribution in [2.75, 3.05) is 40.5 Å². The molecule has 0 radical (unpaired) electrons. The van der Waals surface area contributed by atoms with Crippen LogP contribution < -0.4 is 20.3 Å². The molecule has 0 atom stereocenters. The van der Waals surface area contributed by atoms with Gasteiger partial charge in [0.25, 0.3) is 5.56 Å². The molecular weight excluding hydrogens is 376 g/mol. The van der Waals surface area contributed by atoms with E-state index in [0.29, 0.717) is 28.7 Å². The summed E-state index contributed by atoms with van der Waals surface area (Å²) in [5, 5.41) is 4.90. The number of pyridine rings is 1. The van der Waals surface area contributed by atoms with Crippen molar-refractivity contribution in [2.24, 2.45) is 0 Å². The van der Waals surface area contributed by atoms with Crippen LogP contribution in [-0.4, -0.2) is 60.4 Å². The predicted octanol–water partition coefficient (Wildman–Crippen LogP) is 2.29. The van der Waals surface area contributed by atoms with E-state index in [0.717, 1.165) is 43.4 Å². The number of nitrogens with one attached hydrogen (secondary N) is 2. The number of unbranched alkanes of at least 4 members (excludes halogenated alkanes) is 1. The highest BCUT2D eigenvalue weighted by Crippen LogP contribution is 2.35. The van der Waals surface area contributed by atoms with Crippen molar-refractivity contribution in [3.8, 4) is 11.5 Å². The summed E-state index contributed by atoms with van der Waals surface area (Å²) in [5.41, 5.74) is 1.30. The van der Waals surface area contributed by atoms with Crippen molar-refractivity contribution in [1.29, 1.82) is 0 Å². The van der Waals surface area contributed by atoms with Gasteiger partial charge in [-0.2, -0.15) is 0 Å². The van der Waals surface area contributed by atoms with E-state index < -0.39 is 0 Å². The van der Waals surface area contributed by atoms with Gasteiger partial charge in [0.2, 0.25) is 6.79 Å². The van der Waals surface area contributed by atoms with Crippen LogP contribution >= 0.6 is 12.2 Å². The maximum atomic E-state index is 12.7. The smallest absolute Gasteiger partial charge is 0.253 e. The number of ether oxygens (including phenoxy) is 2. The second kappa shape index (κ2) is 9.25. The van der Waals surface area contributed by atoms with Gasteiger partial charge < -0.3 is 29.6 Å². The summed E-state index contributed by atoms with van der Waals surface area (Å²) >= 11 is 5.59. The molecule has 0 saturated heterocycles. The van der Waals surface area contributed by atoms with Gasteiger partial charge in [0.15, 0.2) is 16.6 Å². The first-order valence-electron chi connectivity index (χ1n) is 9.61. The lowest BCUT2D eigenvalue weighted by molar-refractivity contribution is 0.174. The monoisotopic (exact) mass is 404 g/mol. The first-order chi connectivity index (χ1) is 13.5. The van der Waals surface area contributed by atoms with Crippen LogP contribution in [0.4, 0.5) is 0 Å². The molecule has 0 bridgehead atoms. The van der Waals surface area contributed by atoms with Crippen molar-refractivity contribution in [3.63, 3.8) is 0 Å². The van der Waals surface area contributed by atoms with E-state index >= 15 is 0 Å². The molecule has 1 aliphatic rings. The average Bonchev–Trinajstić information content (AvgIpc) is 3.10. The Balaban J connectivity index is 1.82. The lowest BCUT2D eigenvalue weighted by Gasteiger charge is -2.27. The third-order valence-corrected chi connectivity index (χ3v) is 5.09. The zero-order chi connectivity index (χ0) is 20.1. The van der Waals surface area contributed by atoms with Crippen molar-refractivity contribution >= 4 is 28.2 Å². The first-order valence-corrected chi connectivity index (χ1v) is 10.0. The van der Waals surface area contributed by atoms with Crippen molar-refractivity contribution in [3.05, 3.63) is 34.1 Å². The van der Waals surface area contributed by atoms with Crippen LogP contribution in [0.25, 0.3) is 10.9 Å². The third kappa shape index (κ3) is 4.94. The lowest BCUT2D eigenvalue weighted by Crippen LogP contribution is -2.43. The van der Waals surface area contributed by atoms with E-state index in [1.165, 1.54) is 0 Å². The fraction of sp³-hybridized carbons (Fsp3) is 0.500. The lowest BCUT2D eigenvalue weighted by atomic mass is 10.1.